The van der Waals surface area contributed by atoms with Crippen molar-refractivity contribution in [1.82, 2.24) is 0 Å². The van der Waals surface area contributed by atoms with Crippen LogP contribution in [0.3, 0.4) is 0 Å². The Bertz CT molecular complexity index is 109. The summed E-state index contributed by atoms with van der Waals surface area (Å²) in [4.78, 5) is 0. The fourth-order valence-electron chi connectivity index (χ4n) is 0.567. The molecule has 0 amide bonds. The van der Waals surface area contributed by atoms with Gasteiger partial charge in [-0.05, 0) is 26.2 Å². The van der Waals surface area contributed by atoms with Gasteiger partial charge in [-0.1, -0.05) is 24.6 Å². The van der Waals surface area contributed by atoms with Crippen LogP contribution in [0.15, 0.2) is 24.3 Å². The molecule has 0 radical (unpaired) electrons. The molecule has 0 bridgehead atoms. The van der Waals surface area contributed by atoms with E-state index >= 15 is 0 Å². The summed E-state index contributed by atoms with van der Waals surface area (Å²) < 4.78 is 0. The second kappa shape index (κ2) is 4.37. The van der Waals surface area contributed by atoms with Gasteiger partial charge in [0.1, 0.15) is 0 Å². The smallest absolute Gasteiger partial charge is 0.0286 e. The zero-order valence-electron chi connectivity index (χ0n) is 6.54. The largest absolute Gasteiger partial charge is 0.100 e. The lowest BCUT2D eigenvalue weighted by Gasteiger charge is -1.99. The highest BCUT2D eigenvalue weighted by molar-refractivity contribution is 4.98. The highest BCUT2D eigenvalue weighted by Crippen LogP contribution is 2.09. The minimum absolute atomic E-state index is 1.10. The molecule has 0 saturated carbocycles. The standard InChI is InChI=1S/C9H16/c1-5-9(4)7-6-8(2)3/h2,4-7H2,1,3H3. The molecule has 52 valence electrons. The normalized spacial score (nSPS) is 9.11. The first-order valence-electron chi connectivity index (χ1n) is 3.47. The lowest BCUT2D eigenvalue weighted by atomic mass is 10.1. The van der Waals surface area contributed by atoms with Crippen molar-refractivity contribution < 1.29 is 0 Å². The minimum atomic E-state index is 1.10. The average Bonchev–Trinajstić information content (AvgIpc) is 1.83. The zero-order valence-corrected chi connectivity index (χ0v) is 6.54. The van der Waals surface area contributed by atoms with Crippen molar-refractivity contribution in [2.45, 2.75) is 33.1 Å². The fraction of sp³-hybridized carbons (Fsp3) is 0.556. The van der Waals surface area contributed by atoms with Gasteiger partial charge in [0.25, 0.3) is 0 Å². The lowest BCUT2D eigenvalue weighted by molar-refractivity contribution is 0.882. The maximum absolute atomic E-state index is 3.90. The molecule has 9 heavy (non-hydrogen) atoms. The SMILES string of the molecule is C=C(C)CCC(=C)CC. The number of rotatable bonds is 4. The van der Waals surface area contributed by atoms with Crippen molar-refractivity contribution in [3.8, 4) is 0 Å². The summed E-state index contributed by atoms with van der Waals surface area (Å²) in [6.07, 6.45) is 3.33. The van der Waals surface area contributed by atoms with Crippen LogP contribution >= 0.6 is 0 Å². The first-order valence-corrected chi connectivity index (χ1v) is 3.47. The summed E-state index contributed by atoms with van der Waals surface area (Å²) in [6, 6.07) is 0. The number of hydrogen-bond donors (Lipinski definition) is 0. The minimum Gasteiger partial charge on any atom is -0.100 e. The third-order valence-corrected chi connectivity index (χ3v) is 1.41. The van der Waals surface area contributed by atoms with E-state index in [9.17, 15) is 0 Å². The van der Waals surface area contributed by atoms with Crippen LogP contribution in [0.4, 0.5) is 0 Å². The van der Waals surface area contributed by atoms with E-state index < -0.39 is 0 Å². The monoisotopic (exact) mass is 124 g/mol. The molecule has 0 aromatic rings. The maximum atomic E-state index is 3.90. The Kier molecular flexibility index (Phi) is 4.12. The predicted molar refractivity (Wildman–Crippen MR) is 43.5 cm³/mol. The van der Waals surface area contributed by atoms with E-state index in [0.29, 0.717) is 0 Å². The van der Waals surface area contributed by atoms with E-state index in [1.165, 1.54) is 11.1 Å². The Morgan fingerprint density at radius 3 is 2.11 bits per heavy atom. The first kappa shape index (κ1) is 8.48. The van der Waals surface area contributed by atoms with Gasteiger partial charge >= 0.3 is 0 Å². The Labute approximate surface area is 58.3 Å². The van der Waals surface area contributed by atoms with Crippen LogP contribution < -0.4 is 0 Å². The van der Waals surface area contributed by atoms with Crippen LogP contribution in [-0.2, 0) is 0 Å². The van der Waals surface area contributed by atoms with Crippen LogP contribution in [0.1, 0.15) is 33.1 Å². The Morgan fingerprint density at radius 1 is 1.22 bits per heavy atom. The summed E-state index contributed by atoms with van der Waals surface area (Å²) in [7, 11) is 0. The van der Waals surface area contributed by atoms with Crippen LogP contribution in [0.25, 0.3) is 0 Å². The van der Waals surface area contributed by atoms with Crippen molar-refractivity contribution in [1.29, 1.82) is 0 Å². The highest BCUT2D eigenvalue weighted by Gasteiger charge is 1.89. The molecule has 0 nitrogen and oxygen atoms in total. The van der Waals surface area contributed by atoms with Gasteiger partial charge in [-0.15, -0.1) is 6.58 Å². The third kappa shape index (κ3) is 5.35. The highest BCUT2D eigenvalue weighted by atomic mass is 14.0. The van der Waals surface area contributed by atoms with E-state index in [0.717, 1.165) is 19.3 Å². The molecule has 0 aliphatic rings. The molecule has 0 aliphatic carbocycles. The van der Waals surface area contributed by atoms with Gasteiger partial charge in [0.05, 0.1) is 0 Å². The van der Waals surface area contributed by atoms with Crippen molar-refractivity contribution in [2.75, 3.05) is 0 Å². The number of allylic oxidation sites excluding steroid dienone is 2. The molecule has 0 aromatic carbocycles. The first-order chi connectivity index (χ1) is 4.16. The molecular formula is C9H16. The van der Waals surface area contributed by atoms with E-state index in [1.54, 1.807) is 0 Å². The second-order valence-corrected chi connectivity index (χ2v) is 2.56. The maximum Gasteiger partial charge on any atom is -0.0286 e. The van der Waals surface area contributed by atoms with Gasteiger partial charge in [0.2, 0.25) is 0 Å². The Morgan fingerprint density at radius 2 is 1.78 bits per heavy atom. The van der Waals surface area contributed by atoms with Crippen molar-refractivity contribution in [3.63, 3.8) is 0 Å². The Balaban J connectivity index is 3.28. The molecule has 0 unspecified atom stereocenters. The molecule has 0 spiro atoms. The molecule has 0 saturated heterocycles. The predicted octanol–water partition coefficient (Wildman–Crippen LogP) is 3.31. The molecule has 0 heterocycles. The van der Waals surface area contributed by atoms with E-state index in [1.807, 2.05) is 0 Å². The van der Waals surface area contributed by atoms with Gasteiger partial charge in [0.15, 0.2) is 0 Å². The molecule has 0 aliphatic heterocycles. The molecule has 0 N–H and O–H groups in total. The van der Waals surface area contributed by atoms with E-state index in [2.05, 4.69) is 27.0 Å². The van der Waals surface area contributed by atoms with E-state index in [4.69, 9.17) is 0 Å². The topological polar surface area (TPSA) is 0 Å². The second-order valence-electron chi connectivity index (χ2n) is 2.56. The van der Waals surface area contributed by atoms with Crippen LogP contribution in [0.5, 0.6) is 0 Å². The molecule has 0 aromatic heterocycles. The summed E-state index contributed by atoms with van der Waals surface area (Å²) in [5, 5.41) is 0. The molecule has 0 rings (SSSR count). The van der Waals surface area contributed by atoms with Gasteiger partial charge in [-0.2, -0.15) is 0 Å². The van der Waals surface area contributed by atoms with Crippen molar-refractivity contribution in [2.24, 2.45) is 0 Å². The molecule has 0 fully saturated rings. The van der Waals surface area contributed by atoms with Crippen LogP contribution in [0, 0.1) is 0 Å². The molecular weight excluding hydrogens is 108 g/mol. The van der Waals surface area contributed by atoms with Gasteiger partial charge in [-0.3, -0.25) is 0 Å². The summed E-state index contributed by atoms with van der Waals surface area (Å²) in [5.74, 6) is 0. The fourth-order valence-corrected chi connectivity index (χ4v) is 0.567. The van der Waals surface area contributed by atoms with Crippen molar-refractivity contribution in [3.05, 3.63) is 24.3 Å². The summed E-state index contributed by atoms with van der Waals surface area (Å²) in [6.45, 7) is 11.9. The van der Waals surface area contributed by atoms with Crippen molar-refractivity contribution >= 4 is 0 Å². The van der Waals surface area contributed by atoms with Gasteiger partial charge in [0, 0.05) is 0 Å². The Hall–Kier alpha value is -0.520. The summed E-state index contributed by atoms with van der Waals surface area (Å²) >= 11 is 0. The zero-order chi connectivity index (χ0) is 7.28. The summed E-state index contributed by atoms with van der Waals surface area (Å²) in [5.41, 5.74) is 2.59. The van der Waals surface area contributed by atoms with Gasteiger partial charge < -0.3 is 0 Å². The average molecular weight is 124 g/mol. The van der Waals surface area contributed by atoms with Gasteiger partial charge in [-0.25, -0.2) is 0 Å². The quantitative estimate of drug-likeness (QED) is 0.504. The molecule has 0 heteroatoms. The number of hydrogen-bond acceptors (Lipinski definition) is 0. The van der Waals surface area contributed by atoms with Crippen LogP contribution in [0.2, 0.25) is 0 Å². The molecule has 0 atom stereocenters. The third-order valence-electron chi connectivity index (χ3n) is 1.41. The van der Waals surface area contributed by atoms with E-state index in [-0.39, 0.29) is 0 Å². The lowest BCUT2D eigenvalue weighted by Crippen LogP contribution is -1.79. The van der Waals surface area contributed by atoms with Crippen LogP contribution in [-0.4, -0.2) is 0 Å².